The zero-order chi connectivity index (χ0) is 11.1. The zero-order valence-electron chi connectivity index (χ0n) is 9.16. The lowest BCUT2D eigenvalue weighted by atomic mass is 10.1. The first-order valence-electron chi connectivity index (χ1n) is 4.96. The van der Waals surface area contributed by atoms with Gasteiger partial charge in [0.1, 0.15) is 6.04 Å². The van der Waals surface area contributed by atoms with E-state index in [9.17, 15) is 0 Å². The van der Waals surface area contributed by atoms with Gasteiger partial charge in [-0.1, -0.05) is 29.8 Å². The van der Waals surface area contributed by atoms with E-state index in [2.05, 4.69) is 11.4 Å². The number of hydrogen-bond donors (Lipinski definition) is 1. The van der Waals surface area contributed by atoms with Gasteiger partial charge in [0.25, 0.3) is 0 Å². The molecule has 0 aliphatic heterocycles. The average Bonchev–Trinajstić information content (AvgIpc) is 2.26. The van der Waals surface area contributed by atoms with Crippen molar-refractivity contribution in [2.45, 2.75) is 13.0 Å². The normalized spacial score (nSPS) is 12.1. The summed E-state index contributed by atoms with van der Waals surface area (Å²) in [6.45, 7) is 3.33. The summed E-state index contributed by atoms with van der Waals surface area (Å²) in [4.78, 5) is 0. The number of methoxy groups -OCH3 is 1. The molecule has 1 atom stereocenters. The highest BCUT2D eigenvalue weighted by Gasteiger charge is 2.08. The van der Waals surface area contributed by atoms with E-state index in [-0.39, 0.29) is 6.04 Å². The van der Waals surface area contributed by atoms with Gasteiger partial charge in [-0.2, -0.15) is 5.26 Å². The molecule has 0 fully saturated rings. The van der Waals surface area contributed by atoms with Gasteiger partial charge in [-0.05, 0) is 12.5 Å². The molecule has 1 aromatic rings. The third-order valence-electron chi connectivity index (χ3n) is 2.19. The van der Waals surface area contributed by atoms with Gasteiger partial charge in [-0.25, -0.2) is 0 Å². The molecule has 3 heteroatoms. The Labute approximate surface area is 90.7 Å². The first-order chi connectivity index (χ1) is 7.27. The van der Waals surface area contributed by atoms with Crippen molar-refractivity contribution in [2.75, 3.05) is 20.3 Å². The van der Waals surface area contributed by atoms with Crippen molar-refractivity contribution >= 4 is 0 Å². The molecule has 1 unspecified atom stereocenters. The van der Waals surface area contributed by atoms with Gasteiger partial charge in [0.15, 0.2) is 0 Å². The Morgan fingerprint density at radius 3 is 2.60 bits per heavy atom. The summed E-state index contributed by atoms with van der Waals surface area (Å²) in [7, 11) is 1.65. The van der Waals surface area contributed by atoms with Gasteiger partial charge < -0.3 is 4.74 Å². The fourth-order valence-electron chi connectivity index (χ4n) is 1.30. The predicted octanol–water partition coefficient (Wildman–Crippen LogP) is 1.80. The van der Waals surface area contributed by atoms with Crippen molar-refractivity contribution in [2.24, 2.45) is 0 Å². The molecular weight excluding hydrogens is 188 g/mol. The third-order valence-corrected chi connectivity index (χ3v) is 2.19. The van der Waals surface area contributed by atoms with Crippen LogP contribution >= 0.6 is 0 Å². The number of ether oxygens (including phenoxy) is 1. The van der Waals surface area contributed by atoms with Crippen LogP contribution in [0.5, 0.6) is 0 Å². The maximum Gasteiger partial charge on any atom is 0.121 e. The molecule has 0 amide bonds. The number of nitrogens with zero attached hydrogens (tertiary/aromatic N) is 1. The summed E-state index contributed by atoms with van der Waals surface area (Å²) in [5.41, 5.74) is 2.20. The molecule has 0 heterocycles. The van der Waals surface area contributed by atoms with Crippen LogP contribution in [0.3, 0.4) is 0 Å². The van der Waals surface area contributed by atoms with Gasteiger partial charge in [0.2, 0.25) is 0 Å². The van der Waals surface area contributed by atoms with Crippen molar-refractivity contribution in [3.63, 3.8) is 0 Å². The molecule has 0 aliphatic rings. The van der Waals surface area contributed by atoms with Gasteiger partial charge in [-0.15, -0.1) is 0 Å². The molecule has 0 aliphatic carbocycles. The van der Waals surface area contributed by atoms with E-state index in [0.717, 1.165) is 5.56 Å². The summed E-state index contributed by atoms with van der Waals surface area (Å²) in [6.07, 6.45) is 0. The van der Waals surface area contributed by atoms with Crippen LogP contribution in [0.25, 0.3) is 0 Å². The number of hydrogen-bond acceptors (Lipinski definition) is 3. The van der Waals surface area contributed by atoms with Crippen LogP contribution in [-0.2, 0) is 4.74 Å². The van der Waals surface area contributed by atoms with E-state index in [1.165, 1.54) is 5.56 Å². The topological polar surface area (TPSA) is 45.0 Å². The molecule has 1 rings (SSSR count). The Kier molecular flexibility index (Phi) is 4.82. The average molecular weight is 204 g/mol. The minimum absolute atomic E-state index is 0.249. The van der Waals surface area contributed by atoms with E-state index in [1.807, 2.05) is 31.2 Å². The van der Waals surface area contributed by atoms with Crippen LogP contribution in [0.2, 0.25) is 0 Å². The van der Waals surface area contributed by atoms with Crippen molar-refractivity contribution in [1.29, 1.82) is 5.26 Å². The highest BCUT2D eigenvalue weighted by molar-refractivity contribution is 5.27. The van der Waals surface area contributed by atoms with E-state index in [0.29, 0.717) is 13.2 Å². The highest BCUT2D eigenvalue weighted by atomic mass is 16.5. The van der Waals surface area contributed by atoms with E-state index in [4.69, 9.17) is 10.00 Å². The molecule has 0 saturated carbocycles. The number of rotatable bonds is 5. The molecule has 0 spiro atoms. The number of nitriles is 1. The lowest BCUT2D eigenvalue weighted by Gasteiger charge is -2.11. The van der Waals surface area contributed by atoms with Crippen molar-refractivity contribution in [3.05, 3.63) is 35.4 Å². The Hall–Kier alpha value is -1.37. The van der Waals surface area contributed by atoms with E-state index >= 15 is 0 Å². The number of nitrogens with one attached hydrogen (secondary N) is 1. The Morgan fingerprint density at radius 2 is 2.07 bits per heavy atom. The summed E-state index contributed by atoms with van der Waals surface area (Å²) in [5.74, 6) is 0. The van der Waals surface area contributed by atoms with Crippen LogP contribution < -0.4 is 5.32 Å². The molecule has 0 radical (unpaired) electrons. The summed E-state index contributed by atoms with van der Waals surface area (Å²) < 4.78 is 4.92. The Bertz CT molecular complexity index is 326. The number of aryl methyl sites for hydroxylation is 1. The van der Waals surface area contributed by atoms with E-state index in [1.54, 1.807) is 7.11 Å². The van der Waals surface area contributed by atoms with Crippen LogP contribution in [0.15, 0.2) is 24.3 Å². The van der Waals surface area contributed by atoms with Gasteiger partial charge in [0, 0.05) is 13.7 Å². The van der Waals surface area contributed by atoms with Crippen molar-refractivity contribution < 1.29 is 4.74 Å². The molecule has 15 heavy (non-hydrogen) atoms. The predicted molar refractivity (Wildman–Crippen MR) is 59.4 cm³/mol. The molecule has 0 saturated heterocycles. The second kappa shape index (κ2) is 6.18. The smallest absolute Gasteiger partial charge is 0.121 e. The lowest BCUT2D eigenvalue weighted by molar-refractivity contribution is 0.198. The molecule has 80 valence electrons. The fraction of sp³-hybridized carbons (Fsp3) is 0.417. The van der Waals surface area contributed by atoms with Crippen LogP contribution in [-0.4, -0.2) is 20.3 Å². The maximum absolute atomic E-state index is 8.99. The molecule has 3 nitrogen and oxygen atoms in total. The number of benzene rings is 1. The standard InChI is InChI=1S/C12H16N2O/c1-10-3-5-11(6-4-10)12(9-13)14-7-8-15-2/h3-6,12,14H,7-8H2,1-2H3. The molecular formula is C12H16N2O. The summed E-state index contributed by atoms with van der Waals surface area (Å²) >= 11 is 0. The molecule has 1 aromatic carbocycles. The van der Waals surface area contributed by atoms with E-state index < -0.39 is 0 Å². The van der Waals surface area contributed by atoms with Crippen LogP contribution in [0.1, 0.15) is 17.2 Å². The van der Waals surface area contributed by atoms with Gasteiger partial charge >= 0.3 is 0 Å². The molecule has 0 bridgehead atoms. The quantitative estimate of drug-likeness (QED) is 0.744. The summed E-state index contributed by atoms with van der Waals surface area (Å²) in [5, 5.41) is 12.1. The zero-order valence-corrected chi connectivity index (χ0v) is 9.16. The molecule has 1 N–H and O–H groups in total. The van der Waals surface area contributed by atoms with Crippen molar-refractivity contribution in [3.8, 4) is 6.07 Å². The first-order valence-corrected chi connectivity index (χ1v) is 4.96. The van der Waals surface area contributed by atoms with Gasteiger partial charge in [-0.3, -0.25) is 5.32 Å². The second-order valence-corrected chi connectivity index (χ2v) is 3.42. The summed E-state index contributed by atoms with van der Waals surface area (Å²) in [6, 6.07) is 9.95. The SMILES string of the molecule is COCCNC(C#N)c1ccc(C)cc1. The molecule has 0 aromatic heterocycles. The van der Waals surface area contributed by atoms with Gasteiger partial charge in [0.05, 0.1) is 12.7 Å². The highest BCUT2D eigenvalue weighted by Crippen LogP contribution is 2.12. The Balaban J connectivity index is 2.59. The fourth-order valence-corrected chi connectivity index (χ4v) is 1.30. The third kappa shape index (κ3) is 3.70. The minimum Gasteiger partial charge on any atom is -0.383 e. The second-order valence-electron chi connectivity index (χ2n) is 3.42. The Morgan fingerprint density at radius 1 is 1.40 bits per heavy atom. The lowest BCUT2D eigenvalue weighted by Crippen LogP contribution is -2.23. The monoisotopic (exact) mass is 204 g/mol. The minimum atomic E-state index is -0.249. The van der Waals surface area contributed by atoms with Crippen LogP contribution in [0, 0.1) is 18.3 Å². The largest absolute Gasteiger partial charge is 0.383 e. The van der Waals surface area contributed by atoms with Crippen molar-refractivity contribution in [1.82, 2.24) is 5.32 Å². The van der Waals surface area contributed by atoms with Crippen LogP contribution in [0.4, 0.5) is 0 Å². The first kappa shape index (κ1) is 11.7. The maximum atomic E-state index is 8.99.